The van der Waals surface area contributed by atoms with Gasteiger partial charge in [-0.1, -0.05) is 68.2 Å². The van der Waals surface area contributed by atoms with E-state index in [1.807, 2.05) is 27.7 Å². The zero-order valence-corrected chi connectivity index (χ0v) is 13.1. The summed E-state index contributed by atoms with van der Waals surface area (Å²) in [7, 11) is 0. The van der Waals surface area contributed by atoms with Crippen molar-refractivity contribution in [2.45, 2.75) is 87.5 Å². The van der Waals surface area contributed by atoms with E-state index >= 15 is 0 Å². The molecule has 0 unspecified atom stereocenters. The van der Waals surface area contributed by atoms with Crippen molar-refractivity contribution in [2.75, 3.05) is 0 Å². The molecule has 0 radical (unpaired) electrons. The van der Waals surface area contributed by atoms with E-state index in [1.165, 1.54) is 19.3 Å². The first-order valence-corrected chi connectivity index (χ1v) is 7.24. The normalized spacial score (nSPS) is 16.5. The molecular weight excluding hydrogens is 238 g/mol. The van der Waals surface area contributed by atoms with Crippen molar-refractivity contribution >= 4 is 11.8 Å². The predicted molar refractivity (Wildman–Crippen MR) is 84.1 cm³/mol. The molecule has 19 heavy (non-hydrogen) atoms. The third-order valence-electron chi connectivity index (χ3n) is 2.65. The molecule has 116 valence electrons. The van der Waals surface area contributed by atoms with Crippen LogP contribution in [0.4, 0.5) is 0 Å². The lowest BCUT2D eigenvalue weighted by molar-refractivity contribution is -0.129. The first-order chi connectivity index (χ1) is 8.41. The van der Waals surface area contributed by atoms with E-state index in [2.05, 4.69) is 19.2 Å². The first kappa shape index (κ1) is 23.2. The van der Waals surface area contributed by atoms with Gasteiger partial charge in [0.1, 0.15) is 0 Å². The number of unbranched alkanes of at least 4 members (excludes halogenated alkanes) is 2. The second-order valence-corrected chi connectivity index (χ2v) is 5.17. The Kier molecular flexibility index (Phi) is 16.6. The summed E-state index contributed by atoms with van der Waals surface area (Å²) in [6, 6.07) is 0. The van der Waals surface area contributed by atoms with Gasteiger partial charge in [-0.25, -0.2) is 0 Å². The number of carbonyl (C=O) groups excluding carboxylic acids is 2. The zero-order chi connectivity index (χ0) is 14.6. The average Bonchev–Trinajstić information content (AvgIpc) is 2.41. The Labute approximate surface area is 120 Å². The Bertz CT molecular complexity index is 233. The van der Waals surface area contributed by atoms with Crippen molar-refractivity contribution in [3.63, 3.8) is 0 Å². The lowest BCUT2D eigenvalue weighted by Crippen LogP contribution is -2.28. The Hall–Kier alpha value is -0.860. The lowest BCUT2D eigenvalue weighted by atomic mass is 9.85. The van der Waals surface area contributed by atoms with E-state index in [1.54, 1.807) is 0 Å². The Morgan fingerprint density at radius 3 is 1.89 bits per heavy atom. The van der Waals surface area contributed by atoms with E-state index < -0.39 is 0 Å². The van der Waals surface area contributed by atoms with Crippen molar-refractivity contribution in [3.8, 4) is 0 Å². The van der Waals surface area contributed by atoms with Gasteiger partial charge in [0.25, 0.3) is 0 Å². The van der Waals surface area contributed by atoms with Crippen molar-refractivity contribution in [1.29, 1.82) is 0 Å². The molecule has 2 amide bonds. The molecule has 1 saturated heterocycles. The zero-order valence-electron chi connectivity index (χ0n) is 13.1. The van der Waals surface area contributed by atoms with Crippen molar-refractivity contribution < 1.29 is 9.59 Å². The van der Waals surface area contributed by atoms with E-state index in [0.29, 0.717) is 12.8 Å². The highest BCUT2D eigenvalue weighted by Gasteiger charge is 2.27. The number of amides is 2. The molecule has 0 aliphatic carbocycles. The predicted octanol–water partition coefficient (Wildman–Crippen LogP) is 4.70. The fourth-order valence-corrected chi connectivity index (χ4v) is 1.59. The molecule has 0 aromatic heterocycles. The molecule has 1 aliphatic rings. The molecule has 1 N–H and O–H groups in total. The minimum atomic E-state index is -0.141. The molecule has 0 bridgehead atoms. The van der Waals surface area contributed by atoms with E-state index in [-0.39, 0.29) is 24.7 Å². The van der Waals surface area contributed by atoms with Gasteiger partial charge in [-0.05, 0) is 11.8 Å². The van der Waals surface area contributed by atoms with Gasteiger partial charge >= 0.3 is 0 Å². The third-order valence-corrected chi connectivity index (χ3v) is 2.65. The maximum atomic E-state index is 11.0. The Morgan fingerprint density at radius 2 is 1.53 bits per heavy atom. The molecule has 0 aromatic carbocycles. The largest absolute Gasteiger partial charge is 0.296 e. The molecule has 1 heterocycles. The van der Waals surface area contributed by atoms with Crippen LogP contribution < -0.4 is 5.32 Å². The lowest BCUT2D eigenvalue weighted by Gasteiger charge is -2.18. The summed E-state index contributed by atoms with van der Waals surface area (Å²) in [4.78, 5) is 21.8. The summed E-state index contributed by atoms with van der Waals surface area (Å²) in [5.74, 6) is -0.280. The van der Waals surface area contributed by atoms with Crippen LogP contribution in [0.3, 0.4) is 0 Å². The van der Waals surface area contributed by atoms with Gasteiger partial charge in [-0.15, -0.1) is 0 Å². The van der Waals surface area contributed by atoms with Crippen LogP contribution in [0.25, 0.3) is 0 Å². The summed E-state index contributed by atoms with van der Waals surface area (Å²) in [6.45, 7) is 12.4. The van der Waals surface area contributed by atoms with Crippen LogP contribution >= 0.6 is 0 Å². The topological polar surface area (TPSA) is 46.2 Å². The van der Waals surface area contributed by atoms with Crippen LogP contribution in [-0.4, -0.2) is 11.8 Å². The number of hydrogen-bond acceptors (Lipinski definition) is 2. The quantitative estimate of drug-likeness (QED) is 0.741. The minimum Gasteiger partial charge on any atom is -0.296 e. The van der Waals surface area contributed by atoms with E-state index in [0.717, 1.165) is 6.42 Å². The number of hydrogen-bond donors (Lipinski definition) is 1. The monoisotopic (exact) mass is 273 g/mol. The van der Waals surface area contributed by atoms with Crippen molar-refractivity contribution in [2.24, 2.45) is 5.41 Å². The molecule has 1 fully saturated rings. The van der Waals surface area contributed by atoms with Crippen molar-refractivity contribution in [3.05, 3.63) is 0 Å². The minimum absolute atomic E-state index is 0. The SMILES string of the molecule is C.CC.CC1(C)CCC(=O)NC(=O)C1.CCCCC. The Morgan fingerprint density at radius 1 is 1.05 bits per heavy atom. The highest BCUT2D eigenvalue weighted by molar-refractivity contribution is 5.96. The number of nitrogens with one attached hydrogen (secondary N) is 1. The van der Waals surface area contributed by atoms with Crippen LogP contribution in [0.1, 0.15) is 87.5 Å². The summed E-state index contributed by atoms with van der Waals surface area (Å²) in [5.41, 5.74) is -0.0176. The van der Waals surface area contributed by atoms with Crippen LogP contribution in [0.2, 0.25) is 0 Å². The molecule has 0 saturated carbocycles. The molecule has 3 nitrogen and oxygen atoms in total. The third kappa shape index (κ3) is 15.1. The Balaban J connectivity index is -0.000000275. The molecule has 1 rings (SSSR count). The molecule has 3 heteroatoms. The molecule has 0 aromatic rings. The maximum Gasteiger partial charge on any atom is 0.227 e. The number of imide groups is 1. The molecule has 0 atom stereocenters. The standard InChI is InChI=1S/C8H13NO2.C5H12.C2H6.CH4/c1-8(2)4-3-6(10)9-7(11)5-8;1-3-5-4-2;1-2;/h3-5H2,1-2H3,(H,9,10,11);3-5H2,1-2H3;1-2H3;1H4. The van der Waals surface area contributed by atoms with Crippen LogP contribution in [0.15, 0.2) is 0 Å². The van der Waals surface area contributed by atoms with Crippen LogP contribution in [0, 0.1) is 5.41 Å². The summed E-state index contributed by atoms with van der Waals surface area (Å²) in [5, 5.41) is 2.32. The van der Waals surface area contributed by atoms with Gasteiger partial charge in [0.2, 0.25) is 11.8 Å². The molecular formula is C16H35NO2. The maximum absolute atomic E-state index is 11.0. The van der Waals surface area contributed by atoms with Gasteiger partial charge in [0.05, 0.1) is 0 Å². The first-order valence-electron chi connectivity index (χ1n) is 7.24. The van der Waals surface area contributed by atoms with Crippen LogP contribution in [0.5, 0.6) is 0 Å². The highest BCUT2D eigenvalue weighted by Crippen LogP contribution is 2.28. The summed E-state index contributed by atoms with van der Waals surface area (Å²) < 4.78 is 0. The fourth-order valence-electron chi connectivity index (χ4n) is 1.59. The van der Waals surface area contributed by atoms with E-state index in [9.17, 15) is 9.59 Å². The molecule has 1 aliphatic heterocycles. The van der Waals surface area contributed by atoms with Gasteiger partial charge in [0, 0.05) is 12.8 Å². The molecule has 0 spiro atoms. The van der Waals surface area contributed by atoms with Crippen LogP contribution in [-0.2, 0) is 9.59 Å². The number of rotatable bonds is 2. The van der Waals surface area contributed by atoms with Gasteiger partial charge in [-0.2, -0.15) is 0 Å². The fraction of sp³-hybridized carbons (Fsp3) is 0.875. The van der Waals surface area contributed by atoms with Gasteiger partial charge < -0.3 is 0 Å². The second-order valence-electron chi connectivity index (χ2n) is 5.17. The number of carbonyl (C=O) groups is 2. The second kappa shape index (κ2) is 13.6. The van der Waals surface area contributed by atoms with Gasteiger partial charge in [-0.3, -0.25) is 14.9 Å². The average molecular weight is 273 g/mol. The summed E-state index contributed by atoms with van der Waals surface area (Å²) in [6.07, 6.45) is 5.80. The highest BCUT2D eigenvalue weighted by atomic mass is 16.2. The van der Waals surface area contributed by atoms with Crippen molar-refractivity contribution in [1.82, 2.24) is 5.32 Å². The van der Waals surface area contributed by atoms with Gasteiger partial charge in [0.15, 0.2) is 0 Å². The smallest absolute Gasteiger partial charge is 0.227 e. The van der Waals surface area contributed by atoms with E-state index in [4.69, 9.17) is 0 Å². The summed E-state index contributed by atoms with van der Waals surface area (Å²) >= 11 is 0.